The highest BCUT2D eigenvalue weighted by atomic mass is 28.3. The van der Waals surface area contributed by atoms with Gasteiger partial charge >= 0.3 is 5.97 Å². The molecule has 5 heteroatoms. The van der Waals surface area contributed by atoms with Gasteiger partial charge in [0.25, 0.3) is 0 Å². The van der Waals surface area contributed by atoms with Crippen LogP contribution in [0.4, 0.5) is 0 Å². The second-order valence-electron chi connectivity index (χ2n) is 8.61. The van der Waals surface area contributed by atoms with Crippen molar-refractivity contribution in [2.24, 2.45) is 0 Å². The Morgan fingerprint density at radius 1 is 1.07 bits per heavy atom. The first-order chi connectivity index (χ1) is 13.0. The second-order valence-corrected chi connectivity index (χ2v) is 13.2. The maximum Gasteiger partial charge on any atom is 0.303 e. The van der Waals surface area contributed by atoms with Gasteiger partial charge in [-0.3, -0.25) is 4.79 Å². The maximum absolute atomic E-state index is 10.0. The Morgan fingerprint density at radius 3 is 2.14 bits per heavy atom. The van der Waals surface area contributed by atoms with Crippen molar-refractivity contribution in [3.05, 3.63) is 54.1 Å². The third-order valence-electron chi connectivity index (χ3n) is 4.39. The summed E-state index contributed by atoms with van der Waals surface area (Å²) in [5.74, 6) is 0.455. The quantitative estimate of drug-likeness (QED) is 0.660. The summed E-state index contributed by atoms with van der Waals surface area (Å²) in [5, 5.41) is 19.3. The number of carbonyl (C=O) groups is 1. The fourth-order valence-electron chi connectivity index (χ4n) is 2.66. The number of hydrogen-bond acceptors (Lipinski definition) is 3. The Balaban J connectivity index is 0.000000568. The number of rotatable bonds is 6. The number of benzene rings is 2. The molecule has 0 fully saturated rings. The first-order valence-electron chi connectivity index (χ1n) is 9.71. The molecule has 0 saturated heterocycles. The summed E-state index contributed by atoms with van der Waals surface area (Å²) in [4.78, 5) is 9.60. The fraction of sp³-hybridized carbons (Fsp3) is 0.435. The van der Waals surface area contributed by atoms with Gasteiger partial charge in [-0.1, -0.05) is 76.3 Å². The summed E-state index contributed by atoms with van der Waals surface area (Å²) in [6, 6.07) is 16.1. The van der Waals surface area contributed by atoms with Crippen LogP contribution in [0.2, 0.25) is 13.1 Å². The molecule has 0 amide bonds. The number of carboxylic acids is 1. The van der Waals surface area contributed by atoms with Gasteiger partial charge in [-0.2, -0.15) is 0 Å². The van der Waals surface area contributed by atoms with Crippen LogP contribution < -0.4 is 9.92 Å². The van der Waals surface area contributed by atoms with Gasteiger partial charge in [0.05, 0.1) is 6.23 Å². The van der Waals surface area contributed by atoms with Gasteiger partial charge < -0.3 is 14.9 Å². The van der Waals surface area contributed by atoms with E-state index in [2.05, 4.69) is 58.1 Å². The monoisotopic (exact) mass is 402 g/mol. The van der Waals surface area contributed by atoms with Crippen LogP contribution in [0.25, 0.3) is 0 Å². The van der Waals surface area contributed by atoms with E-state index in [9.17, 15) is 9.90 Å². The summed E-state index contributed by atoms with van der Waals surface area (Å²) >= 11 is 0. The molecule has 28 heavy (non-hydrogen) atoms. The summed E-state index contributed by atoms with van der Waals surface area (Å²) in [6.45, 7) is 12.7. The van der Waals surface area contributed by atoms with Crippen molar-refractivity contribution < 1.29 is 19.7 Å². The third-order valence-corrected chi connectivity index (χ3v) is 7.16. The minimum Gasteiger partial charge on any atom is -0.508 e. The number of phenols is 1. The third kappa shape index (κ3) is 7.77. The van der Waals surface area contributed by atoms with E-state index in [0.717, 1.165) is 24.0 Å². The van der Waals surface area contributed by atoms with Crippen molar-refractivity contribution in [3.8, 4) is 11.5 Å². The number of hydrogen-bond donors (Lipinski definition) is 2. The Morgan fingerprint density at radius 2 is 1.68 bits per heavy atom. The van der Waals surface area contributed by atoms with Gasteiger partial charge in [-0.05, 0) is 30.0 Å². The molecule has 0 aliphatic heterocycles. The van der Waals surface area contributed by atoms with Gasteiger partial charge in [0.2, 0.25) is 0 Å². The maximum atomic E-state index is 10.0. The average molecular weight is 403 g/mol. The fourth-order valence-corrected chi connectivity index (χ4v) is 4.44. The molecule has 0 aliphatic carbocycles. The number of phenolic OH excluding ortho intramolecular Hbond substituents is 1. The number of carboxylic acid groups (broad SMARTS) is 1. The van der Waals surface area contributed by atoms with Crippen LogP contribution in [0.15, 0.2) is 48.5 Å². The molecule has 0 saturated carbocycles. The lowest BCUT2D eigenvalue weighted by Crippen LogP contribution is -2.47. The zero-order chi connectivity index (χ0) is 21.4. The lowest BCUT2D eigenvalue weighted by atomic mass is 9.86. The molecule has 4 nitrogen and oxygen atoms in total. The Labute approximate surface area is 170 Å². The van der Waals surface area contributed by atoms with Crippen LogP contribution in [0.3, 0.4) is 0 Å². The topological polar surface area (TPSA) is 66.8 Å². The van der Waals surface area contributed by atoms with Crippen LogP contribution >= 0.6 is 0 Å². The first-order valence-corrected chi connectivity index (χ1v) is 12.9. The van der Waals surface area contributed by atoms with Crippen molar-refractivity contribution in [3.63, 3.8) is 0 Å². The molecule has 0 unspecified atom stereocenters. The Bertz CT molecular complexity index is 749. The van der Waals surface area contributed by atoms with E-state index in [1.54, 1.807) is 6.07 Å². The summed E-state index contributed by atoms with van der Waals surface area (Å²) < 4.78 is 6.07. The lowest BCUT2D eigenvalue weighted by molar-refractivity contribution is -0.137. The molecule has 0 heterocycles. The highest BCUT2D eigenvalue weighted by Gasteiger charge is 2.25. The molecule has 0 bridgehead atoms. The van der Waals surface area contributed by atoms with Gasteiger partial charge in [0, 0.05) is 12.0 Å². The van der Waals surface area contributed by atoms with E-state index >= 15 is 0 Å². The van der Waals surface area contributed by atoms with Crippen molar-refractivity contribution in [2.75, 3.05) is 6.23 Å². The van der Waals surface area contributed by atoms with E-state index in [4.69, 9.17) is 9.84 Å². The van der Waals surface area contributed by atoms with Crippen LogP contribution in [-0.2, 0) is 10.2 Å². The lowest BCUT2D eigenvalue weighted by Gasteiger charge is -2.25. The number of aliphatic carboxylic acids is 1. The molecule has 2 aromatic carbocycles. The van der Waals surface area contributed by atoms with E-state index < -0.39 is 14.0 Å². The average Bonchev–Trinajstić information content (AvgIpc) is 2.61. The van der Waals surface area contributed by atoms with E-state index in [1.807, 2.05) is 25.1 Å². The van der Waals surface area contributed by atoms with Crippen molar-refractivity contribution in [1.82, 2.24) is 0 Å². The molecule has 0 radical (unpaired) electrons. The van der Waals surface area contributed by atoms with Crippen LogP contribution in [-0.4, -0.2) is 30.5 Å². The SMILES string of the molecule is CC(C)(C)c1cc(OC[Si](C)(C)c2ccccc2)ccc1O.CCCC(=O)O. The second kappa shape index (κ2) is 10.3. The highest BCUT2D eigenvalue weighted by molar-refractivity contribution is 6.89. The predicted molar refractivity (Wildman–Crippen MR) is 118 cm³/mol. The molecule has 2 aromatic rings. The van der Waals surface area contributed by atoms with E-state index in [1.165, 1.54) is 5.19 Å². The minimum absolute atomic E-state index is 0.101. The number of aromatic hydroxyl groups is 1. The summed E-state index contributed by atoms with van der Waals surface area (Å²) in [7, 11) is -1.62. The molecule has 0 spiro atoms. The van der Waals surface area contributed by atoms with Crippen molar-refractivity contribution >= 4 is 19.2 Å². The van der Waals surface area contributed by atoms with E-state index in [0.29, 0.717) is 12.2 Å². The molecule has 0 atom stereocenters. The van der Waals surface area contributed by atoms with Crippen molar-refractivity contribution in [1.29, 1.82) is 0 Å². The molecular formula is C23H34O4Si. The van der Waals surface area contributed by atoms with Crippen molar-refractivity contribution in [2.45, 2.75) is 59.0 Å². The predicted octanol–water partition coefficient (Wildman–Crippen LogP) is 5.09. The van der Waals surface area contributed by atoms with Gasteiger partial charge in [0.15, 0.2) is 0 Å². The molecule has 0 aromatic heterocycles. The summed E-state index contributed by atoms with van der Waals surface area (Å²) in [6.07, 6.45) is 1.75. The largest absolute Gasteiger partial charge is 0.508 e. The zero-order valence-corrected chi connectivity index (χ0v) is 19.0. The normalized spacial score (nSPS) is 11.4. The van der Waals surface area contributed by atoms with Gasteiger partial charge in [-0.25, -0.2) is 0 Å². The van der Waals surface area contributed by atoms with Crippen LogP contribution in [0, 0.1) is 0 Å². The zero-order valence-electron chi connectivity index (χ0n) is 18.0. The standard InChI is InChI=1S/C19H26O2Si.C4H8O2/c1-19(2,3)17-13-15(11-12-18(17)20)21-14-22(4,5)16-9-7-6-8-10-16;1-2-3-4(5)6/h6-13,20H,14H2,1-5H3;2-3H2,1H3,(H,5,6). The Kier molecular flexibility index (Phi) is 8.76. The molecule has 2 rings (SSSR count). The van der Waals surface area contributed by atoms with E-state index in [-0.39, 0.29) is 5.41 Å². The molecule has 0 aliphatic rings. The molecule has 154 valence electrons. The first kappa shape index (κ1) is 23.8. The van der Waals surface area contributed by atoms with Crippen LogP contribution in [0.1, 0.15) is 46.1 Å². The minimum atomic E-state index is -1.62. The van der Waals surface area contributed by atoms with Crippen LogP contribution in [0.5, 0.6) is 11.5 Å². The van der Waals surface area contributed by atoms with Gasteiger partial charge in [0.1, 0.15) is 19.6 Å². The molecular weight excluding hydrogens is 368 g/mol. The number of ether oxygens (including phenoxy) is 1. The molecule has 2 N–H and O–H groups in total. The Hall–Kier alpha value is -2.27. The van der Waals surface area contributed by atoms with Gasteiger partial charge in [-0.15, -0.1) is 0 Å². The smallest absolute Gasteiger partial charge is 0.303 e. The summed E-state index contributed by atoms with van der Waals surface area (Å²) in [5.41, 5.74) is 0.819. The highest BCUT2D eigenvalue weighted by Crippen LogP contribution is 2.33.